The molecule has 1 heterocycles. The molecule has 156 valence electrons. The monoisotopic (exact) mass is 395 g/mol. The number of benzene rings is 2. The average Bonchev–Trinajstić information content (AvgIpc) is 2.72. The minimum atomic E-state index is 0.0317. The Bertz CT molecular complexity index is 856. The lowest BCUT2D eigenvalue weighted by Gasteiger charge is -2.39. The number of para-hydroxylation sites is 2. The van der Waals surface area contributed by atoms with Crippen LogP contribution in [0.5, 0.6) is 0 Å². The van der Waals surface area contributed by atoms with E-state index in [4.69, 9.17) is 5.73 Å². The van der Waals surface area contributed by atoms with Gasteiger partial charge in [-0.3, -0.25) is 4.79 Å². The van der Waals surface area contributed by atoms with Gasteiger partial charge in [-0.25, -0.2) is 0 Å². The predicted octanol–water partition coefficient (Wildman–Crippen LogP) is 3.43. The number of hydrogen-bond donors (Lipinski definition) is 2. The van der Waals surface area contributed by atoms with E-state index in [-0.39, 0.29) is 5.91 Å². The first kappa shape index (κ1) is 20.8. The molecule has 0 aromatic heterocycles. The van der Waals surface area contributed by atoms with Gasteiger partial charge >= 0.3 is 0 Å². The van der Waals surface area contributed by atoms with E-state index in [0.29, 0.717) is 0 Å². The molecule has 29 heavy (non-hydrogen) atoms. The Hall–Kier alpha value is -2.89. The van der Waals surface area contributed by atoms with Crippen molar-refractivity contribution in [2.24, 2.45) is 0 Å². The van der Waals surface area contributed by atoms with E-state index in [1.165, 1.54) is 0 Å². The molecule has 0 spiro atoms. The van der Waals surface area contributed by atoms with Crippen LogP contribution in [0.2, 0.25) is 0 Å². The van der Waals surface area contributed by atoms with Crippen LogP contribution >= 0.6 is 0 Å². The summed E-state index contributed by atoms with van der Waals surface area (Å²) in [6.07, 6.45) is 1.00. The molecular formula is C23H33N5O. The quantitative estimate of drug-likeness (QED) is 0.734. The van der Waals surface area contributed by atoms with Crippen molar-refractivity contribution in [1.82, 2.24) is 4.90 Å². The number of nitrogens with one attached hydrogen (secondary N) is 1. The van der Waals surface area contributed by atoms with Gasteiger partial charge in [0.15, 0.2) is 0 Å². The van der Waals surface area contributed by atoms with Gasteiger partial charge in [0.25, 0.3) is 5.91 Å². The summed E-state index contributed by atoms with van der Waals surface area (Å²) in [6, 6.07) is 12.2. The summed E-state index contributed by atoms with van der Waals surface area (Å²) in [4.78, 5) is 19.2. The molecule has 0 saturated carbocycles. The summed E-state index contributed by atoms with van der Waals surface area (Å²) in [6.45, 7) is 8.59. The zero-order valence-electron chi connectivity index (χ0n) is 18.0. The lowest BCUT2D eigenvalue weighted by atomic mass is 10.0. The van der Waals surface area contributed by atoms with Crippen molar-refractivity contribution in [3.05, 3.63) is 47.5 Å². The van der Waals surface area contributed by atoms with E-state index in [1.807, 2.05) is 24.3 Å². The van der Waals surface area contributed by atoms with Crippen LogP contribution in [-0.4, -0.2) is 57.6 Å². The topological polar surface area (TPSA) is 64.8 Å². The van der Waals surface area contributed by atoms with Gasteiger partial charge < -0.3 is 25.8 Å². The van der Waals surface area contributed by atoms with Gasteiger partial charge in [0, 0.05) is 46.8 Å². The molecule has 1 aliphatic rings. The third-order valence-electron chi connectivity index (χ3n) is 5.35. The fourth-order valence-electron chi connectivity index (χ4n) is 3.83. The second-order valence-corrected chi connectivity index (χ2v) is 7.87. The zero-order valence-corrected chi connectivity index (χ0v) is 18.0. The number of nitrogens with two attached hydrogens (primary N) is 1. The van der Waals surface area contributed by atoms with E-state index < -0.39 is 0 Å². The number of carbonyl (C=O) groups excluding carboxylic acids is 1. The lowest BCUT2D eigenvalue weighted by Crippen LogP contribution is -2.47. The highest BCUT2D eigenvalue weighted by Crippen LogP contribution is 2.34. The number of piperazine rings is 1. The standard InChI is InChI=1S/C23H33N5O/c1-5-10-25-22-18(23(29)26(3)4)15-17(2)16-21(22)28-13-11-27(12-14-28)20-9-7-6-8-19(20)24/h6-9,15-16,25H,5,10-14,24H2,1-4H3. The van der Waals surface area contributed by atoms with Gasteiger partial charge in [-0.1, -0.05) is 19.1 Å². The number of aryl methyl sites for hydroxylation is 1. The molecule has 6 heteroatoms. The van der Waals surface area contributed by atoms with Crippen molar-refractivity contribution in [1.29, 1.82) is 0 Å². The first-order valence-corrected chi connectivity index (χ1v) is 10.4. The van der Waals surface area contributed by atoms with Crippen molar-refractivity contribution in [2.75, 3.05) is 67.7 Å². The number of rotatable bonds is 6. The number of nitrogens with zero attached hydrogens (tertiary/aromatic N) is 3. The van der Waals surface area contributed by atoms with E-state index in [2.05, 4.69) is 41.1 Å². The van der Waals surface area contributed by atoms with Gasteiger partial charge in [-0.05, 0) is 43.2 Å². The van der Waals surface area contributed by atoms with Crippen LogP contribution in [0.4, 0.5) is 22.7 Å². The molecule has 0 atom stereocenters. The van der Waals surface area contributed by atoms with Gasteiger partial charge in [0.2, 0.25) is 0 Å². The van der Waals surface area contributed by atoms with E-state index in [1.54, 1.807) is 19.0 Å². The maximum absolute atomic E-state index is 12.8. The SMILES string of the molecule is CCCNc1c(C(=O)N(C)C)cc(C)cc1N1CCN(c2ccccc2N)CC1. The van der Waals surface area contributed by atoms with Crippen LogP contribution in [0.3, 0.4) is 0 Å². The molecule has 3 rings (SSSR count). The van der Waals surface area contributed by atoms with Gasteiger partial charge in [0.05, 0.1) is 28.3 Å². The Labute approximate surface area is 174 Å². The molecule has 0 radical (unpaired) electrons. The van der Waals surface area contributed by atoms with Gasteiger partial charge in [-0.2, -0.15) is 0 Å². The minimum Gasteiger partial charge on any atom is -0.397 e. The molecule has 0 aliphatic carbocycles. The summed E-state index contributed by atoms with van der Waals surface area (Å²) in [5, 5.41) is 3.52. The summed E-state index contributed by atoms with van der Waals surface area (Å²) >= 11 is 0. The Balaban J connectivity index is 1.88. The lowest BCUT2D eigenvalue weighted by molar-refractivity contribution is 0.0828. The molecule has 1 amide bonds. The second kappa shape index (κ2) is 9.07. The van der Waals surface area contributed by atoms with E-state index in [9.17, 15) is 4.79 Å². The van der Waals surface area contributed by atoms with Crippen molar-refractivity contribution >= 4 is 28.7 Å². The Morgan fingerprint density at radius 1 is 1.07 bits per heavy atom. The number of hydrogen-bond acceptors (Lipinski definition) is 5. The predicted molar refractivity (Wildman–Crippen MR) is 123 cm³/mol. The molecule has 6 nitrogen and oxygen atoms in total. The Morgan fingerprint density at radius 3 is 2.28 bits per heavy atom. The first-order valence-electron chi connectivity index (χ1n) is 10.4. The Kier molecular flexibility index (Phi) is 6.52. The maximum atomic E-state index is 12.8. The van der Waals surface area contributed by atoms with E-state index >= 15 is 0 Å². The van der Waals surface area contributed by atoms with Crippen LogP contribution in [0, 0.1) is 6.92 Å². The van der Waals surface area contributed by atoms with E-state index in [0.717, 1.165) is 73.0 Å². The minimum absolute atomic E-state index is 0.0317. The summed E-state index contributed by atoms with van der Waals surface area (Å²) in [5.74, 6) is 0.0317. The smallest absolute Gasteiger partial charge is 0.255 e. The molecule has 2 aromatic carbocycles. The molecule has 2 aromatic rings. The first-order chi connectivity index (χ1) is 13.9. The van der Waals surface area contributed by atoms with Crippen molar-refractivity contribution in [2.45, 2.75) is 20.3 Å². The van der Waals surface area contributed by atoms with Crippen LogP contribution in [-0.2, 0) is 0 Å². The van der Waals surface area contributed by atoms with Crippen molar-refractivity contribution in [3.63, 3.8) is 0 Å². The highest BCUT2D eigenvalue weighted by molar-refractivity contribution is 6.02. The largest absolute Gasteiger partial charge is 0.397 e. The number of amides is 1. The second-order valence-electron chi connectivity index (χ2n) is 7.87. The normalized spacial score (nSPS) is 14.1. The fourth-order valence-corrected chi connectivity index (χ4v) is 3.83. The maximum Gasteiger partial charge on any atom is 0.255 e. The van der Waals surface area contributed by atoms with Gasteiger partial charge in [0.1, 0.15) is 0 Å². The van der Waals surface area contributed by atoms with Crippen LogP contribution in [0.25, 0.3) is 0 Å². The molecule has 1 fully saturated rings. The summed E-state index contributed by atoms with van der Waals surface area (Å²) in [7, 11) is 3.61. The third kappa shape index (κ3) is 4.58. The van der Waals surface area contributed by atoms with Crippen molar-refractivity contribution in [3.8, 4) is 0 Å². The Morgan fingerprint density at radius 2 is 1.69 bits per heavy atom. The van der Waals surface area contributed by atoms with Gasteiger partial charge in [-0.15, -0.1) is 0 Å². The molecule has 1 saturated heterocycles. The molecule has 0 bridgehead atoms. The number of carbonyl (C=O) groups is 1. The zero-order chi connectivity index (χ0) is 21.0. The highest BCUT2D eigenvalue weighted by atomic mass is 16.2. The summed E-state index contributed by atoms with van der Waals surface area (Å²) < 4.78 is 0. The number of anilines is 4. The molecule has 0 unspecified atom stereocenters. The van der Waals surface area contributed by atoms with Crippen molar-refractivity contribution < 1.29 is 4.79 Å². The van der Waals surface area contributed by atoms with Crippen LogP contribution in [0.1, 0.15) is 29.3 Å². The number of nitrogen functional groups attached to an aromatic ring is 1. The molecular weight excluding hydrogens is 362 g/mol. The third-order valence-corrected chi connectivity index (χ3v) is 5.35. The summed E-state index contributed by atoms with van der Waals surface area (Å²) in [5.41, 5.74) is 12.0. The average molecular weight is 396 g/mol. The van der Waals surface area contributed by atoms with Crippen LogP contribution < -0.4 is 20.9 Å². The molecule has 3 N–H and O–H groups in total. The fraction of sp³-hybridized carbons (Fsp3) is 0.435. The highest BCUT2D eigenvalue weighted by Gasteiger charge is 2.24. The molecule has 1 aliphatic heterocycles. The van der Waals surface area contributed by atoms with Crippen LogP contribution in [0.15, 0.2) is 36.4 Å².